The Morgan fingerprint density at radius 3 is 2.61 bits per heavy atom. The van der Waals surface area contributed by atoms with E-state index in [0.717, 1.165) is 5.56 Å². The van der Waals surface area contributed by atoms with Crippen LogP contribution in [0.3, 0.4) is 0 Å². The smallest absolute Gasteiger partial charge is 0.219 e. The van der Waals surface area contributed by atoms with Crippen molar-refractivity contribution in [3.8, 4) is 0 Å². The van der Waals surface area contributed by atoms with Crippen molar-refractivity contribution in [1.29, 1.82) is 0 Å². The summed E-state index contributed by atoms with van der Waals surface area (Å²) in [6.45, 7) is 0. The lowest BCUT2D eigenvalue weighted by molar-refractivity contribution is 0.196. The Hall–Kier alpha value is -1.69. The van der Waals surface area contributed by atoms with E-state index < -0.39 is 10.3 Å². The maximum atomic E-state index is 11.1. The van der Waals surface area contributed by atoms with Gasteiger partial charge >= 0.3 is 0 Å². The van der Waals surface area contributed by atoms with Crippen LogP contribution in [0.15, 0.2) is 54.6 Å². The summed E-state index contributed by atoms with van der Waals surface area (Å²) in [5.74, 6) is 0. The highest BCUT2D eigenvalue weighted by molar-refractivity contribution is 7.73. The molecular formula is C13H11NO3S. The van der Waals surface area contributed by atoms with E-state index in [1.54, 1.807) is 17.2 Å². The molecule has 1 heterocycles. The van der Waals surface area contributed by atoms with Gasteiger partial charge in [0, 0.05) is 0 Å². The summed E-state index contributed by atoms with van der Waals surface area (Å²) in [5, 5.41) is 1.68. The number of rotatable bonds is 2. The van der Waals surface area contributed by atoms with Gasteiger partial charge in [-0.25, -0.2) is 0 Å². The van der Waals surface area contributed by atoms with E-state index in [-0.39, 0.29) is 12.3 Å². The molecule has 92 valence electrons. The van der Waals surface area contributed by atoms with E-state index in [4.69, 9.17) is 4.84 Å². The van der Waals surface area contributed by atoms with Crippen LogP contribution in [-0.4, -0.2) is 24.4 Å². The molecule has 0 radical (unpaired) electrons. The first kappa shape index (κ1) is 11.4. The fourth-order valence-corrected chi connectivity index (χ4v) is 2.57. The fourth-order valence-electron chi connectivity index (χ4n) is 2.00. The summed E-state index contributed by atoms with van der Waals surface area (Å²) < 4.78 is 22.3. The second-order valence-electron chi connectivity index (χ2n) is 4.05. The molecule has 0 spiro atoms. The summed E-state index contributed by atoms with van der Waals surface area (Å²) in [7, 11) is -2.23. The predicted molar refractivity (Wildman–Crippen MR) is 68.1 cm³/mol. The fraction of sp³-hybridized carbons (Fsp3) is 0.154. The van der Waals surface area contributed by atoms with Gasteiger partial charge in [0.15, 0.2) is 6.23 Å². The van der Waals surface area contributed by atoms with Crippen molar-refractivity contribution in [2.45, 2.75) is 12.3 Å². The molecule has 0 N–H and O–H groups in total. The summed E-state index contributed by atoms with van der Waals surface area (Å²) in [6.07, 6.45) is 6.78. The highest BCUT2D eigenvalue weighted by Gasteiger charge is 2.44. The van der Waals surface area contributed by atoms with Crippen LogP contribution in [0.5, 0.6) is 0 Å². The van der Waals surface area contributed by atoms with Crippen molar-refractivity contribution in [2.75, 3.05) is 0 Å². The Kier molecular flexibility index (Phi) is 2.87. The summed E-state index contributed by atoms with van der Waals surface area (Å²) in [6, 6.07) is 9.38. The molecule has 0 aromatic heterocycles. The number of benzene rings is 1. The first-order chi connectivity index (χ1) is 8.77. The SMILES string of the molecule is O=S(=O)=C1C=CC=CC1N1OC1c1ccccc1. The van der Waals surface area contributed by atoms with Crippen LogP contribution in [-0.2, 0) is 15.1 Å². The van der Waals surface area contributed by atoms with Crippen LogP contribution in [0.25, 0.3) is 0 Å². The van der Waals surface area contributed by atoms with Gasteiger partial charge in [0.05, 0.1) is 10.9 Å². The van der Waals surface area contributed by atoms with E-state index in [0.29, 0.717) is 4.86 Å². The standard InChI is InChI=1S/C13H11NO3S/c15-18(16)12-9-5-4-8-11(12)14-13(17-14)10-6-2-1-3-7-10/h1-9,11,13H. The minimum absolute atomic E-state index is 0.161. The van der Waals surface area contributed by atoms with Gasteiger partial charge in [-0.2, -0.15) is 8.42 Å². The molecule has 2 aliphatic rings. The normalized spacial score (nSPS) is 29.3. The van der Waals surface area contributed by atoms with E-state index in [1.807, 2.05) is 42.5 Å². The Morgan fingerprint density at radius 2 is 1.89 bits per heavy atom. The van der Waals surface area contributed by atoms with Crippen LogP contribution in [0, 0.1) is 0 Å². The molecule has 1 aromatic carbocycles. The Morgan fingerprint density at radius 1 is 1.11 bits per heavy atom. The Bertz CT molecular complexity index is 638. The lowest BCUT2D eigenvalue weighted by atomic mass is 10.1. The van der Waals surface area contributed by atoms with Gasteiger partial charge in [0.1, 0.15) is 0 Å². The second kappa shape index (κ2) is 4.53. The lowest BCUT2D eigenvalue weighted by Gasteiger charge is -2.11. The van der Waals surface area contributed by atoms with Gasteiger partial charge in [0.25, 0.3) is 0 Å². The highest BCUT2D eigenvalue weighted by atomic mass is 32.2. The molecule has 4 nitrogen and oxygen atoms in total. The van der Waals surface area contributed by atoms with Gasteiger partial charge in [-0.05, 0) is 11.6 Å². The third-order valence-electron chi connectivity index (χ3n) is 2.91. The Labute approximate surface area is 106 Å². The molecule has 1 aliphatic carbocycles. The number of hydroxylamine groups is 2. The van der Waals surface area contributed by atoms with Crippen molar-refractivity contribution >= 4 is 15.2 Å². The zero-order chi connectivity index (χ0) is 12.5. The van der Waals surface area contributed by atoms with E-state index >= 15 is 0 Å². The zero-order valence-corrected chi connectivity index (χ0v) is 10.2. The first-order valence-electron chi connectivity index (χ1n) is 5.58. The average Bonchev–Trinajstić information content (AvgIpc) is 3.20. The number of allylic oxidation sites excluding steroid dienone is 2. The van der Waals surface area contributed by atoms with Crippen molar-refractivity contribution < 1.29 is 13.3 Å². The molecule has 0 saturated carbocycles. The number of hydrogen-bond acceptors (Lipinski definition) is 4. The van der Waals surface area contributed by atoms with E-state index in [1.165, 1.54) is 0 Å². The molecule has 3 atom stereocenters. The minimum atomic E-state index is -2.23. The van der Waals surface area contributed by atoms with Crippen LogP contribution in [0.1, 0.15) is 11.8 Å². The molecule has 18 heavy (non-hydrogen) atoms. The second-order valence-corrected chi connectivity index (χ2v) is 5.00. The molecule has 0 amide bonds. The van der Waals surface area contributed by atoms with E-state index in [9.17, 15) is 8.42 Å². The molecule has 5 heteroatoms. The molecule has 1 aliphatic heterocycles. The number of hydrogen-bond donors (Lipinski definition) is 0. The van der Waals surface area contributed by atoms with Crippen LogP contribution in [0.2, 0.25) is 0 Å². The summed E-state index contributed by atoms with van der Waals surface area (Å²) >= 11 is 0. The van der Waals surface area contributed by atoms with Gasteiger partial charge in [-0.1, -0.05) is 48.6 Å². The van der Waals surface area contributed by atoms with Gasteiger partial charge in [-0.3, -0.25) is 4.84 Å². The quantitative estimate of drug-likeness (QED) is 0.597. The van der Waals surface area contributed by atoms with Crippen LogP contribution < -0.4 is 0 Å². The third kappa shape index (κ3) is 2.03. The Balaban J connectivity index is 1.85. The maximum absolute atomic E-state index is 11.1. The first-order valence-corrected chi connectivity index (χ1v) is 6.66. The molecule has 3 rings (SSSR count). The number of nitrogens with zero attached hydrogens (tertiary/aromatic N) is 1. The molecule has 1 fully saturated rings. The molecule has 1 saturated heterocycles. The molecule has 0 bridgehead atoms. The molecule has 3 unspecified atom stereocenters. The minimum Gasteiger partial charge on any atom is -0.269 e. The van der Waals surface area contributed by atoms with Crippen LogP contribution >= 0.6 is 0 Å². The third-order valence-corrected chi connectivity index (χ3v) is 3.68. The van der Waals surface area contributed by atoms with Gasteiger partial charge < -0.3 is 0 Å². The highest BCUT2D eigenvalue weighted by Crippen LogP contribution is 2.40. The summed E-state index contributed by atoms with van der Waals surface area (Å²) in [4.78, 5) is 5.81. The average molecular weight is 261 g/mol. The topological polar surface area (TPSA) is 49.7 Å². The van der Waals surface area contributed by atoms with Crippen molar-refractivity contribution in [3.63, 3.8) is 0 Å². The van der Waals surface area contributed by atoms with Crippen molar-refractivity contribution in [3.05, 3.63) is 60.2 Å². The predicted octanol–water partition coefficient (Wildman–Crippen LogP) is 1.48. The van der Waals surface area contributed by atoms with Gasteiger partial charge in [0.2, 0.25) is 10.3 Å². The molecular weight excluding hydrogens is 250 g/mol. The largest absolute Gasteiger partial charge is 0.269 e. The monoisotopic (exact) mass is 261 g/mol. The van der Waals surface area contributed by atoms with Crippen molar-refractivity contribution in [2.24, 2.45) is 0 Å². The summed E-state index contributed by atoms with van der Waals surface area (Å²) in [5.41, 5.74) is 1.02. The molecule has 1 aromatic rings. The lowest BCUT2D eigenvalue weighted by Crippen LogP contribution is -2.27. The van der Waals surface area contributed by atoms with Crippen molar-refractivity contribution in [1.82, 2.24) is 5.06 Å². The van der Waals surface area contributed by atoms with E-state index in [2.05, 4.69) is 0 Å². The zero-order valence-electron chi connectivity index (χ0n) is 9.43. The van der Waals surface area contributed by atoms with Crippen LogP contribution in [0.4, 0.5) is 0 Å². The van der Waals surface area contributed by atoms with Gasteiger partial charge in [-0.15, -0.1) is 5.06 Å². The maximum Gasteiger partial charge on any atom is 0.219 e.